The number of esters is 1. The second-order valence-electron chi connectivity index (χ2n) is 7.33. The minimum absolute atomic E-state index is 0.00531. The fourth-order valence-corrected chi connectivity index (χ4v) is 5.33. The van der Waals surface area contributed by atoms with Gasteiger partial charge in [0.05, 0.1) is 16.8 Å². The Labute approximate surface area is 181 Å². The van der Waals surface area contributed by atoms with Gasteiger partial charge in [0.25, 0.3) is 0 Å². The molecular formula is C24H22O6S. The van der Waals surface area contributed by atoms with E-state index in [0.717, 1.165) is 5.56 Å². The molecule has 1 atom stereocenters. The molecule has 0 fully saturated rings. The quantitative estimate of drug-likeness (QED) is 0.589. The first-order chi connectivity index (χ1) is 14.9. The van der Waals surface area contributed by atoms with E-state index >= 15 is 0 Å². The Morgan fingerprint density at radius 3 is 2.39 bits per heavy atom. The third kappa shape index (κ3) is 4.72. The second kappa shape index (κ2) is 8.81. The van der Waals surface area contributed by atoms with E-state index < -0.39 is 21.1 Å². The van der Waals surface area contributed by atoms with Crippen molar-refractivity contribution in [3.8, 4) is 17.2 Å². The molecule has 1 unspecified atom stereocenters. The number of hydrogen-bond acceptors (Lipinski definition) is 6. The van der Waals surface area contributed by atoms with Gasteiger partial charge in [-0.25, -0.2) is 8.42 Å². The van der Waals surface area contributed by atoms with Crippen LogP contribution in [-0.2, 0) is 25.8 Å². The summed E-state index contributed by atoms with van der Waals surface area (Å²) in [7, 11) is -3.70. The number of benzene rings is 3. The molecular weight excluding hydrogens is 416 g/mol. The molecule has 3 aromatic rings. The highest BCUT2D eigenvalue weighted by molar-refractivity contribution is 7.91. The van der Waals surface area contributed by atoms with Gasteiger partial charge in [-0.3, -0.25) is 4.79 Å². The minimum atomic E-state index is -3.70. The van der Waals surface area contributed by atoms with Gasteiger partial charge in [0.1, 0.15) is 5.75 Å². The summed E-state index contributed by atoms with van der Waals surface area (Å²) < 4.78 is 37.8. The van der Waals surface area contributed by atoms with Crippen LogP contribution in [0.5, 0.6) is 17.2 Å². The standard InChI is InChI=1S/C24H22O6S/c25-21-12-6-17-7-13-24(26)29-15-14-23(31(27,28)20-4-2-1-3-5-20)18-8-10-19(11-9-18)30-22(21)16-17/h1-6,8-12,16,23,25H,7,13-15H2. The van der Waals surface area contributed by atoms with Crippen LogP contribution in [-0.4, -0.2) is 26.1 Å². The Bertz CT molecular complexity index is 1170. The highest BCUT2D eigenvalue weighted by Gasteiger charge is 2.29. The van der Waals surface area contributed by atoms with Gasteiger partial charge in [0.15, 0.2) is 21.3 Å². The topological polar surface area (TPSA) is 89.9 Å². The van der Waals surface area contributed by atoms with Crippen molar-refractivity contribution in [2.45, 2.75) is 29.4 Å². The molecule has 31 heavy (non-hydrogen) atoms. The Morgan fingerprint density at radius 2 is 1.65 bits per heavy atom. The summed E-state index contributed by atoms with van der Waals surface area (Å²) in [4.78, 5) is 12.4. The lowest BCUT2D eigenvalue weighted by molar-refractivity contribution is -0.143. The van der Waals surface area contributed by atoms with E-state index in [1.807, 2.05) is 0 Å². The average Bonchev–Trinajstić information content (AvgIpc) is 2.78. The number of phenolic OH excluding ortho intramolecular Hbond substituents is 1. The highest BCUT2D eigenvalue weighted by atomic mass is 32.2. The Morgan fingerprint density at radius 1 is 0.903 bits per heavy atom. The SMILES string of the molecule is O=C1CCc2ccc(O)c(c2)Oc2ccc(cc2)C(S(=O)(=O)c2ccccc2)CCO1. The lowest BCUT2D eigenvalue weighted by Gasteiger charge is -2.19. The summed E-state index contributed by atoms with van der Waals surface area (Å²) >= 11 is 0. The van der Waals surface area contributed by atoms with Gasteiger partial charge in [-0.1, -0.05) is 36.4 Å². The molecule has 0 aliphatic carbocycles. The summed E-state index contributed by atoms with van der Waals surface area (Å²) in [5, 5.41) is 9.23. The van der Waals surface area contributed by atoms with Crippen LogP contribution in [0.2, 0.25) is 0 Å². The molecule has 4 bridgehead atoms. The first kappa shape index (κ1) is 20.9. The molecule has 2 heterocycles. The van der Waals surface area contributed by atoms with Crippen LogP contribution >= 0.6 is 0 Å². The highest BCUT2D eigenvalue weighted by Crippen LogP contribution is 2.35. The minimum Gasteiger partial charge on any atom is -0.504 e. The number of rotatable bonds is 2. The predicted octanol–water partition coefficient (Wildman–Crippen LogP) is 4.58. The number of aromatic hydroxyl groups is 1. The van der Waals surface area contributed by atoms with Gasteiger partial charge in [-0.2, -0.15) is 0 Å². The van der Waals surface area contributed by atoms with Crippen molar-refractivity contribution in [3.63, 3.8) is 0 Å². The van der Waals surface area contributed by atoms with Crippen molar-refractivity contribution in [1.82, 2.24) is 0 Å². The number of carbonyl (C=O) groups is 1. The van der Waals surface area contributed by atoms with E-state index in [1.54, 1.807) is 66.7 Å². The van der Waals surface area contributed by atoms with Gasteiger partial charge in [0, 0.05) is 12.8 Å². The van der Waals surface area contributed by atoms with Crippen LogP contribution in [0.3, 0.4) is 0 Å². The van der Waals surface area contributed by atoms with Crippen LogP contribution in [0, 0.1) is 0 Å². The number of fused-ring (bicyclic) bond motifs is 8. The van der Waals surface area contributed by atoms with E-state index in [0.29, 0.717) is 17.7 Å². The average molecular weight is 439 g/mol. The molecule has 160 valence electrons. The fourth-order valence-electron chi connectivity index (χ4n) is 3.55. The van der Waals surface area contributed by atoms with Crippen LogP contribution in [0.1, 0.15) is 29.2 Å². The third-order valence-electron chi connectivity index (χ3n) is 5.21. The van der Waals surface area contributed by atoms with Gasteiger partial charge in [0.2, 0.25) is 0 Å². The Kier molecular flexibility index (Phi) is 5.95. The number of carbonyl (C=O) groups excluding carboxylic acids is 1. The Hall–Kier alpha value is -3.32. The van der Waals surface area contributed by atoms with Crippen molar-refractivity contribution in [1.29, 1.82) is 0 Å². The number of aryl methyl sites for hydroxylation is 1. The van der Waals surface area contributed by atoms with Crippen LogP contribution in [0.25, 0.3) is 0 Å². The fraction of sp³-hybridized carbons (Fsp3) is 0.208. The van der Waals surface area contributed by atoms with Gasteiger partial charge >= 0.3 is 5.97 Å². The molecule has 7 heteroatoms. The number of phenols is 1. The summed E-state index contributed by atoms with van der Waals surface area (Å²) in [5.74, 6) is 0.302. The maximum atomic E-state index is 13.3. The van der Waals surface area contributed by atoms with E-state index in [9.17, 15) is 18.3 Å². The monoisotopic (exact) mass is 438 g/mol. The van der Waals surface area contributed by atoms with E-state index in [-0.39, 0.29) is 35.8 Å². The molecule has 6 nitrogen and oxygen atoms in total. The molecule has 2 aliphatic heterocycles. The molecule has 1 N–H and O–H groups in total. The van der Waals surface area contributed by atoms with Crippen LogP contribution < -0.4 is 4.74 Å². The van der Waals surface area contributed by atoms with Crippen LogP contribution in [0.15, 0.2) is 77.7 Å². The van der Waals surface area contributed by atoms with Crippen molar-refractivity contribution >= 4 is 15.8 Å². The molecule has 0 aromatic heterocycles. The maximum absolute atomic E-state index is 13.3. The number of ether oxygens (including phenoxy) is 2. The van der Waals surface area contributed by atoms with Crippen LogP contribution in [0.4, 0.5) is 0 Å². The summed E-state index contributed by atoms with van der Waals surface area (Å²) in [5.41, 5.74) is 1.39. The van der Waals surface area contributed by atoms with Crippen molar-refractivity contribution in [2.24, 2.45) is 0 Å². The lowest BCUT2D eigenvalue weighted by Crippen LogP contribution is -2.17. The first-order valence-corrected chi connectivity index (χ1v) is 11.5. The van der Waals surface area contributed by atoms with Gasteiger partial charge in [-0.15, -0.1) is 0 Å². The predicted molar refractivity (Wildman–Crippen MR) is 115 cm³/mol. The zero-order chi connectivity index (χ0) is 21.8. The summed E-state index contributed by atoms with van der Waals surface area (Å²) in [6.45, 7) is -0.00531. The maximum Gasteiger partial charge on any atom is 0.306 e. The zero-order valence-corrected chi connectivity index (χ0v) is 17.5. The largest absolute Gasteiger partial charge is 0.504 e. The molecule has 0 saturated heterocycles. The van der Waals surface area contributed by atoms with Crippen molar-refractivity contribution in [2.75, 3.05) is 6.61 Å². The van der Waals surface area contributed by atoms with Crippen molar-refractivity contribution < 1.29 is 27.8 Å². The second-order valence-corrected chi connectivity index (χ2v) is 9.46. The molecule has 0 amide bonds. The zero-order valence-electron chi connectivity index (χ0n) is 16.7. The number of hydrogen-bond donors (Lipinski definition) is 1. The molecule has 5 rings (SSSR count). The summed E-state index contributed by atoms with van der Waals surface area (Å²) in [6.07, 6.45) is 0.696. The number of sulfone groups is 1. The lowest BCUT2D eigenvalue weighted by atomic mass is 10.1. The van der Waals surface area contributed by atoms with E-state index in [2.05, 4.69) is 0 Å². The first-order valence-electron chi connectivity index (χ1n) is 9.98. The third-order valence-corrected chi connectivity index (χ3v) is 7.40. The van der Waals surface area contributed by atoms with E-state index in [4.69, 9.17) is 9.47 Å². The molecule has 0 spiro atoms. The molecule has 3 aromatic carbocycles. The van der Waals surface area contributed by atoms with Gasteiger partial charge in [-0.05, 0) is 53.9 Å². The molecule has 0 saturated carbocycles. The Balaban J connectivity index is 1.72. The normalized spacial score (nSPS) is 17.2. The smallest absolute Gasteiger partial charge is 0.306 e. The van der Waals surface area contributed by atoms with E-state index in [1.165, 1.54) is 6.07 Å². The summed E-state index contributed by atoms with van der Waals surface area (Å²) in [6, 6.07) is 19.9. The van der Waals surface area contributed by atoms with Gasteiger partial charge < -0.3 is 14.6 Å². The molecule has 2 aliphatic rings. The van der Waals surface area contributed by atoms with Crippen molar-refractivity contribution in [3.05, 3.63) is 83.9 Å². The molecule has 0 radical (unpaired) electrons.